The highest BCUT2D eigenvalue weighted by atomic mass is 19.1. The van der Waals surface area contributed by atoms with Crippen LogP contribution in [0.1, 0.15) is 53.8 Å². The van der Waals surface area contributed by atoms with Gasteiger partial charge in [0, 0.05) is 0 Å². The van der Waals surface area contributed by atoms with Crippen molar-refractivity contribution in [1.29, 1.82) is 0 Å². The van der Waals surface area contributed by atoms with Gasteiger partial charge in [-0.05, 0) is 41.3 Å². The molecular weight excluding hydrogens is 281 g/mol. The minimum absolute atomic E-state index is 0.00442. The molecule has 0 aliphatic carbocycles. The SMILES string of the molecule is CC(C)c1cc(N)c2c(c1)C(=O)CC(c1ccc(F)cc1)O2. The molecule has 0 radical (unpaired) electrons. The lowest BCUT2D eigenvalue weighted by atomic mass is 9.92. The van der Waals surface area contributed by atoms with Gasteiger partial charge in [0.1, 0.15) is 11.9 Å². The molecule has 1 aliphatic heterocycles. The van der Waals surface area contributed by atoms with E-state index in [1.165, 1.54) is 12.1 Å². The van der Waals surface area contributed by atoms with Crippen molar-refractivity contribution >= 4 is 11.5 Å². The Morgan fingerprint density at radius 3 is 2.55 bits per heavy atom. The van der Waals surface area contributed by atoms with E-state index in [0.717, 1.165) is 11.1 Å². The number of nitrogens with two attached hydrogens (primary N) is 1. The molecule has 2 aromatic carbocycles. The fourth-order valence-corrected chi connectivity index (χ4v) is 2.67. The monoisotopic (exact) mass is 299 g/mol. The zero-order valence-electron chi connectivity index (χ0n) is 12.6. The summed E-state index contributed by atoms with van der Waals surface area (Å²) < 4.78 is 19.0. The van der Waals surface area contributed by atoms with E-state index in [4.69, 9.17) is 10.5 Å². The lowest BCUT2D eigenvalue weighted by Gasteiger charge is -2.27. The first-order valence-corrected chi connectivity index (χ1v) is 7.34. The number of nitrogen functional groups attached to an aromatic ring is 1. The van der Waals surface area contributed by atoms with Gasteiger partial charge < -0.3 is 10.5 Å². The van der Waals surface area contributed by atoms with Gasteiger partial charge in [0.15, 0.2) is 11.5 Å². The quantitative estimate of drug-likeness (QED) is 0.844. The second-order valence-electron chi connectivity index (χ2n) is 5.93. The molecule has 0 aromatic heterocycles. The molecule has 3 nitrogen and oxygen atoms in total. The average molecular weight is 299 g/mol. The summed E-state index contributed by atoms with van der Waals surface area (Å²) >= 11 is 0. The Balaban J connectivity index is 1.99. The molecule has 0 fully saturated rings. The van der Waals surface area contributed by atoms with Crippen molar-refractivity contribution in [2.75, 3.05) is 5.73 Å². The summed E-state index contributed by atoms with van der Waals surface area (Å²) in [5, 5.41) is 0. The second-order valence-corrected chi connectivity index (χ2v) is 5.93. The number of rotatable bonds is 2. The predicted octanol–water partition coefficient (Wildman–Crippen LogP) is 4.24. The number of halogens is 1. The van der Waals surface area contributed by atoms with Crippen molar-refractivity contribution in [3.63, 3.8) is 0 Å². The molecule has 1 aliphatic rings. The third kappa shape index (κ3) is 2.56. The molecule has 1 unspecified atom stereocenters. The molecule has 1 heterocycles. The van der Waals surface area contributed by atoms with Crippen molar-refractivity contribution in [3.05, 3.63) is 58.9 Å². The highest BCUT2D eigenvalue weighted by molar-refractivity contribution is 6.02. The number of hydrogen-bond acceptors (Lipinski definition) is 3. The van der Waals surface area contributed by atoms with Crippen LogP contribution in [-0.2, 0) is 0 Å². The van der Waals surface area contributed by atoms with Gasteiger partial charge in [0.2, 0.25) is 0 Å². The third-order valence-corrected chi connectivity index (χ3v) is 3.98. The van der Waals surface area contributed by atoms with E-state index < -0.39 is 6.10 Å². The van der Waals surface area contributed by atoms with Gasteiger partial charge in [-0.1, -0.05) is 26.0 Å². The van der Waals surface area contributed by atoms with Gasteiger partial charge in [0.25, 0.3) is 0 Å². The zero-order chi connectivity index (χ0) is 15.9. The van der Waals surface area contributed by atoms with Crippen LogP contribution in [0, 0.1) is 5.82 Å². The number of fused-ring (bicyclic) bond motifs is 1. The number of benzene rings is 2. The van der Waals surface area contributed by atoms with Gasteiger partial charge in [-0.25, -0.2) is 4.39 Å². The number of hydrogen-bond donors (Lipinski definition) is 1. The number of ether oxygens (including phenoxy) is 1. The molecule has 2 aromatic rings. The van der Waals surface area contributed by atoms with Crippen LogP contribution in [0.15, 0.2) is 36.4 Å². The summed E-state index contributed by atoms with van der Waals surface area (Å²) in [5.41, 5.74) is 8.88. The van der Waals surface area contributed by atoms with E-state index in [0.29, 0.717) is 17.0 Å². The summed E-state index contributed by atoms with van der Waals surface area (Å²) in [6.07, 6.45) is -0.188. The van der Waals surface area contributed by atoms with Crippen molar-refractivity contribution in [3.8, 4) is 5.75 Å². The topological polar surface area (TPSA) is 52.3 Å². The molecule has 1 atom stereocenters. The summed E-state index contributed by atoms with van der Waals surface area (Å²) in [4.78, 5) is 12.5. The lowest BCUT2D eigenvalue weighted by molar-refractivity contribution is 0.0851. The molecule has 2 N–H and O–H groups in total. The number of carbonyl (C=O) groups excluding carboxylic acids is 1. The van der Waals surface area contributed by atoms with E-state index in [1.807, 2.05) is 12.1 Å². The fourth-order valence-electron chi connectivity index (χ4n) is 2.67. The Bertz CT molecular complexity index is 723. The largest absolute Gasteiger partial charge is 0.482 e. The first-order chi connectivity index (χ1) is 10.5. The van der Waals surface area contributed by atoms with Crippen LogP contribution in [-0.4, -0.2) is 5.78 Å². The van der Waals surface area contributed by atoms with Gasteiger partial charge in [-0.3, -0.25) is 4.79 Å². The van der Waals surface area contributed by atoms with Gasteiger partial charge >= 0.3 is 0 Å². The van der Waals surface area contributed by atoms with E-state index >= 15 is 0 Å². The predicted molar refractivity (Wildman–Crippen MR) is 83.7 cm³/mol. The van der Waals surface area contributed by atoms with Gasteiger partial charge in [-0.15, -0.1) is 0 Å². The normalized spacial score (nSPS) is 17.3. The summed E-state index contributed by atoms with van der Waals surface area (Å²) in [5.74, 6) is 0.419. The molecule has 4 heteroatoms. The maximum absolute atomic E-state index is 13.0. The minimum atomic E-state index is -0.423. The second kappa shape index (κ2) is 5.44. The van der Waals surface area contributed by atoms with Gasteiger partial charge in [-0.2, -0.15) is 0 Å². The van der Waals surface area contributed by atoms with Crippen molar-refractivity contribution < 1.29 is 13.9 Å². The van der Waals surface area contributed by atoms with Crippen LogP contribution in [0.5, 0.6) is 5.75 Å². The number of carbonyl (C=O) groups is 1. The summed E-state index contributed by atoms with van der Waals surface area (Å²) in [7, 11) is 0. The molecule has 114 valence electrons. The van der Waals surface area contributed by atoms with E-state index in [1.54, 1.807) is 12.1 Å². The molecule has 0 spiro atoms. The summed E-state index contributed by atoms with van der Waals surface area (Å²) in [6, 6.07) is 9.71. The molecular formula is C18H18FNO2. The first kappa shape index (κ1) is 14.6. The number of ketones is 1. The Labute approximate surface area is 128 Å². The Morgan fingerprint density at radius 1 is 1.23 bits per heavy atom. The smallest absolute Gasteiger partial charge is 0.170 e. The average Bonchev–Trinajstić information content (AvgIpc) is 2.48. The molecule has 0 saturated carbocycles. The Kier molecular flexibility index (Phi) is 3.61. The van der Waals surface area contributed by atoms with E-state index in [-0.39, 0.29) is 23.9 Å². The van der Waals surface area contributed by atoms with Crippen LogP contribution >= 0.6 is 0 Å². The van der Waals surface area contributed by atoms with E-state index in [2.05, 4.69) is 13.8 Å². The molecule has 0 saturated heterocycles. The van der Waals surface area contributed by atoms with Crippen LogP contribution < -0.4 is 10.5 Å². The summed E-state index contributed by atoms with van der Waals surface area (Å²) in [6.45, 7) is 4.10. The zero-order valence-corrected chi connectivity index (χ0v) is 12.6. The van der Waals surface area contributed by atoms with Crippen LogP contribution in [0.3, 0.4) is 0 Å². The van der Waals surface area contributed by atoms with Crippen LogP contribution in [0.25, 0.3) is 0 Å². The van der Waals surface area contributed by atoms with Crippen molar-refractivity contribution in [2.45, 2.75) is 32.3 Å². The molecule has 22 heavy (non-hydrogen) atoms. The first-order valence-electron chi connectivity index (χ1n) is 7.34. The Morgan fingerprint density at radius 2 is 1.91 bits per heavy atom. The number of anilines is 1. The highest BCUT2D eigenvalue weighted by Crippen LogP contribution is 2.40. The highest BCUT2D eigenvalue weighted by Gasteiger charge is 2.29. The van der Waals surface area contributed by atoms with Crippen molar-refractivity contribution in [1.82, 2.24) is 0 Å². The molecule has 3 rings (SSSR count). The van der Waals surface area contributed by atoms with Crippen LogP contribution in [0.4, 0.5) is 10.1 Å². The Hall–Kier alpha value is -2.36. The van der Waals surface area contributed by atoms with Gasteiger partial charge in [0.05, 0.1) is 17.7 Å². The molecule has 0 amide bonds. The van der Waals surface area contributed by atoms with Crippen LogP contribution in [0.2, 0.25) is 0 Å². The standard InChI is InChI=1S/C18H18FNO2/c1-10(2)12-7-14-16(21)9-17(22-18(14)15(20)8-12)11-3-5-13(19)6-4-11/h3-8,10,17H,9,20H2,1-2H3. The molecule has 0 bridgehead atoms. The van der Waals surface area contributed by atoms with Crippen molar-refractivity contribution in [2.24, 2.45) is 0 Å². The van der Waals surface area contributed by atoms with E-state index in [9.17, 15) is 9.18 Å². The maximum Gasteiger partial charge on any atom is 0.170 e. The lowest BCUT2D eigenvalue weighted by Crippen LogP contribution is -2.21. The third-order valence-electron chi connectivity index (χ3n) is 3.98. The minimum Gasteiger partial charge on any atom is -0.482 e. The fraction of sp³-hybridized carbons (Fsp3) is 0.278. The maximum atomic E-state index is 13.0. The number of Topliss-reactive ketones (excluding diaryl/α,β-unsaturated/α-hetero) is 1.